The minimum Gasteiger partial charge on any atom is -0.393 e. The quantitative estimate of drug-likeness (QED) is 0.525. The molecule has 0 saturated carbocycles. The van der Waals surface area contributed by atoms with E-state index in [1.807, 2.05) is 6.26 Å². The summed E-state index contributed by atoms with van der Waals surface area (Å²) in [6.45, 7) is 3.50. The summed E-state index contributed by atoms with van der Waals surface area (Å²) in [5, 5.41) is 11.7. The Morgan fingerprint density at radius 3 is 2.47 bits per heavy atom. The molecule has 0 heterocycles. The van der Waals surface area contributed by atoms with Crippen LogP contribution in [0.4, 0.5) is 0 Å². The zero-order valence-electron chi connectivity index (χ0n) is 11.7. The van der Waals surface area contributed by atoms with Crippen molar-refractivity contribution in [3.8, 4) is 0 Å². The van der Waals surface area contributed by atoms with Crippen LogP contribution in [0.5, 0.6) is 0 Å². The first-order valence-electron chi connectivity index (χ1n) is 6.27. The molecule has 3 N–H and O–H groups in total. The maximum absolute atomic E-state index is 11.9. The molecule has 1 amide bonds. The minimum atomic E-state index is -3.40. The topological polar surface area (TPSA) is 95.5 Å². The van der Waals surface area contributed by atoms with Crippen LogP contribution in [0.3, 0.4) is 0 Å². The van der Waals surface area contributed by atoms with E-state index in [0.29, 0.717) is 25.1 Å². The summed E-state index contributed by atoms with van der Waals surface area (Å²) in [5.74, 6) is 0.302. The molecular formula is C11H24N2O4S2. The van der Waals surface area contributed by atoms with E-state index in [0.717, 1.165) is 0 Å². The highest BCUT2D eigenvalue weighted by Gasteiger charge is 2.22. The van der Waals surface area contributed by atoms with E-state index in [1.54, 1.807) is 18.7 Å². The van der Waals surface area contributed by atoms with Gasteiger partial charge in [0.05, 0.1) is 11.9 Å². The van der Waals surface area contributed by atoms with Gasteiger partial charge in [0.15, 0.2) is 0 Å². The first-order chi connectivity index (χ1) is 8.82. The average Bonchev–Trinajstić information content (AvgIpc) is 2.33. The number of aliphatic hydroxyl groups excluding tert-OH is 1. The van der Waals surface area contributed by atoms with Crippen LogP contribution in [-0.4, -0.2) is 55.9 Å². The van der Waals surface area contributed by atoms with Gasteiger partial charge in [-0.1, -0.05) is 0 Å². The summed E-state index contributed by atoms with van der Waals surface area (Å²) >= 11 is 1.55. The molecule has 0 aromatic heterocycles. The molecule has 0 aliphatic carbocycles. The second-order valence-corrected chi connectivity index (χ2v) is 7.31. The maximum Gasteiger partial charge on any atom is 0.238 e. The Kier molecular flexibility index (Phi) is 9.42. The van der Waals surface area contributed by atoms with Crippen molar-refractivity contribution in [3.63, 3.8) is 0 Å². The van der Waals surface area contributed by atoms with Crippen LogP contribution in [0.15, 0.2) is 0 Å². The van der Waals surface area contributed by atoms with Crippen LogP contribution in [0.2, 0.25) is 0 Å². The van der Waals surface area contributed by atoms with Crippen molar-refractivity contribution in [2.45, 2.75) is 38.8 Å². The molecule has 2 atom stereocenters. The number of amides is 1. The molecule has 0 aromatic carbocycles. The first kappa shape index (κ1) is 18.7. The molecule has 0 fully saturated rings. The number of rotatable bonds is 10. The van der Waals surface area contributed by atoms with Gasteiger partial charge in [-0.25, -0.2) is 13.1 Å². The lowest BCUT2D eigenvalue weighted by molar-refractivity contribution is -0.122. The van der Waals surface area contributed by atoms with E-state index in [2.05, 4.69) is 10.0 Å². The molecular weight excluding hydrogens is 288 g/mol. The number of thioether (sulfide) groups is 1. The normalized spacial score (nSPS) is 14.9. The molecule has 0 aromatic rings. The monoisotopic (exact) mass is 312 g/mol. The van der Waals surface area contributed by atoms with Crippen LogP contribution in [0.25, 0.3) is 0 Å². The summed E-state index contributed by atoms with van der Waals surface area (Å²) in [4.78, 5) is 11.9. The van der Waals surface area contributed by atoms with Crippen LogP contribution in [0, 0.1) is 0 Å². The Bertz CT molecular complexity index is 358. The average molecular weight is 312 g/mol. The number of hydrogen-bond donors (Lipinski definition) is 3. The molecule has 6 nitrogen and oxygen atoms in total. The largest absolute Gasteiger partial charge is 0.393 e. The summed E-state index contributed by atoms with van der Waals surface area (Å²) in [6.07, 6.45) is 2.30. The predicted octanol–water partition coefficient (Wildman–Crippen LogP) is -0.0655. The van der Waals surface area contributed by atoms with Crippen molar-refractivity contribution >= 4 is 27.7 Å². The number of nitrogens with one attached hydrogen (secondary N) is 2. The van der Waals surface area contributed by atoms with Gasteiger partial charge in [0.1, 0.15) is 6.04 Å². The molecule has 8 heteroatoms. The second-order valence-electron chi connectivity index (χ2n) is 4.28. The fraction of sp³-hybridized carbons (Fsp3) is 0.909. The smallest absolute Gasteiger partial charge is 0.238 e. The first-order valence-corrected chi connectivity index (χ1v) is 9.31. The highest BCUT2D eigenvalue weighted by molar-refractivity contribution is 7.98. The van der Waals surface area contributed by atoms with Gasteiger partial charge in [-0.3, -0.25) is 4.79 Å². The molecule has 0 spiro atoms. The molecule has 0 aliphatic rings. The molecule has 19 heavy (non-hydrogen) atoms. The Balaban J connectivity index is 4.43. The lowest BCUT2D eigenvalue weighted by atomic mass is 10.2. The number of aliphatic hydroxyl groups is 1. The predicted molar refractivity (Wildman–Crippen MR) is 78.7 cm³/mol. The summed E-state index contributed by atoms with van der Waals surface area (Å²) in [5.41, 5.74) is 0. The lowest BCUT2D eigenvalue weighted by Crippen LogP contribution is -2.47. The van der Waals surface area contributed by atoms with Gasteiger partial charge in [0, 0.05) is 6.54 Å². The Labute approximate surface area is 119 Å². The second kappa shape index (κ2) is 9.57. The van der Waals surface area contributed by atoms with E-state index in [4.69, 9.17) is 5.11 Å². The zero-order chi connectivity index (χ0) is 14.9. The van der Waals surface area contributed by atoms with E-state index < -0.39 is 22.2 Å². The fourth-order valence-corrected chi connectivity index (χ4v) is 2.60. The van der Waals surface area contributed by atoms with Crippen molar-refractivity contribution in [3.05, 3.63) is 0 Å². The van der Waals surface area contributed by atoms with Crippen LogP contribution >= 0.6 is 11.8 Å². The van der Waals surface area contributed by atoms with Crippen LogP contribution in [-0.2, 0) is 14.8 Å². The Hall–Kier alpha value is -0.310. The third-order valence-corrected chi connectivity index (χ3v) is 4.54. The molecule has 0 rings (SSSR count). The molecule has 0 aliphatic heterocycles. The van der Waals surface area contributed by atoms with Gasteiger partial charge in [0.2, 0.25) is 15.9 Å². The molecule has 0 radical (unpaired) electrons. The van der Waals surface area contributed by atoms with Gasteiger partial charge in [0.25, 0.3) is 0 Å². The van der Waals surface area contributed by atoms with Crippen LogP contribution in [0.1, 0.15) is 26.7 Å². The van der Waals surface area contributed by atoms with Gasteiger partial charge in [-0.2, -0.15) is 11.8 Å². The molecule has 114 valence electrons. The molecule has 0 bridgehead atoms. The third kappa shape index (κ3) is 9.26. The third-order valence-electron chi connectivity index (χ3n) is 2.49. The summed E-state index contributed by atoms with van der Waals surface area (Å²) < 4.78 is 25.4. The zero-order valence-corrected chi connectivity index (χ0v) is 13.3. The van der Waals surface area contributed by atoms with Crippen molar-refractivity contribution in [2.24, 2.45) is 0 Å². The number of hydrogen-bond acceptors (Lipinski definition) is 5. The van der Waals surface area contributed by atoms with Gasteiger partial charge in [-0.05, 0) is 38.7 Å². The fourth-order valence-electron chi connectivity index (χ4n) is 1.31. The standard InChI is InChI=1S/C11H24N2O4S2/c1-4-19(16,17)13-10(6-8-18-3)11(15)12-7-5-9(2)14/h9-10,13-14H,4-8H2,1-3H3,(H,12,15). The Morgan fingerprint density at radius 2 is 2.00 bits per heavy atom. The van der Waals surface area contributed by atoms with Crippen molar-refractivity contribution < 1.29 is 18.3 Å². The van der Waals surface area contributed by atoms with Crippen molar-refractivity contribution in [1.82, 2.24) is 10.0 Å². The van der Waals surface area contributed by atoms with Crippen molar-refractivity contribution in [2.75, 3.05) is 24.3 Å². The SMILES string of the molecule is CCS(=O)(=O)NC(CCSC)C(=O)NCCC(C)O. The Morgan fingerprint density at radius 1 is 1.37 bits per heavy atom. The summed E-state index contributed by atoms with van der Waals surface area (Å²) in [6, 6.07) is -0.744. The van der Waals surface area contributed by atoms with Gasteiger partial charge < -0.3 is 10.4 Å². The highest BCUT2D eigenvalue weighted by atomic mass is 32.2. The summed E-state index contributed by atoms with van der Waals surface area (Å²) in [7, 11) is -3.40. The number of sulfonamides is 1. The van der Waals surface area contributed by atoms with E-state index in [1.165, 1.54) is 6.92 Å². The molecule has 2 unspecified atom stereocenters. The van der Waals surface area contributed by atoms with Gasteiger partial charge >= 0.3 is 0 Å². The van der Waals surface area contributed by atoms with E-state index in [9.17, 15) is 13.2 Å². The number of carbonyl (C=O) groups excluding carboxylic acids is 1. The van der Waals surface area contributed by atoms with Gasteiger partial charge in [-0.15, -0.1) is 0 Å². The maximum atomic E-state index is 11.9. The highest BCUT2D eigenvalue weighted by Crippen LogP contribution is 2.03. The van der Waals surface area contributed by atoms with E-state index in [-0.39, 0.29) is 11.7 Å². The van der Waals surface area contributed by atoms with E-state index >= 15 is 0 Å². The lowest BCUT2D eigenvalue weighted by Gasteiger charge is -2.18. The number of carbonyl (C=O) groups is 1. The molecule has 0 saturated heterocycles. The van der Waals surface area contributed by atoms with Crippen LogP contribution < -0.4 is 10.0 Å². The minimum absolute atomic E-state index is 0.0519. The van der Waals surface area contributed by atoms with Crippen molar-refractivity contribution in [1.29, 1.82) is 0 Å².